The highest BCUT2D eigenvalue weighted by Gasteiger charge is 2.33. The van der Waals surface area contributed by atoms with Crippen LogP contribution in [0.3, 0.4) is 0 Å². The van der Waals surface area contributed by atoms with Crippen LogP contribution in [0.5, 0.6) is 11.5 Å². The van der Waals surface area contributed by atoms with Gasteiger partial charge in [0.15, 0.2) is 11.5 Å². The monoisotopic (exact) mass is 449 g/mol. The minimum atomic E-state index is -0.593. The van der Waals surface area contributed by atoms with E-state index in [1.807, 2.05) is 42.5 Å². The number of hydrogen-bond acceptors (Lipinski definition) is 6. The number of carbonyl (C=O) groups is 1. The summed E-state index contributed by atoms with van der Waals surface area (Å²) < 4.78 is 12.0. The number of fused-ring (bicyclic) bond motifs is 1. The molecule has 2 heterocycles. The molecule has 33 heavy (non-hydrogen) atoms. The molecule has 1 aliphatic heterocycles. The van der Waals surface area contributed by atoms with E-state index in [-0.39, 0.29) is 18.1 Å². The van der Waals surface area contributed by atoms with Crippen LogP contribution in [0, 0.1) is 10.1 Å². The first kappa shape index (κ1) is 22.1. The molecule has 0 saturated carbocycles. The lowest BCUT2D eigenvalue weighted by Crippen LogP contribution is -2.43. The SMILES string of the molecule is COc1cc2c(cc1OC)[C@@H](c1ccccc1)N(C(=O)Cn1cc([N+](=O)[O-])ccc1=O)CC2. The molecule has 0 unspecified atom stereocenters. The maximum absolute atomic E-state index is 13.4. The summed E-state index contributed by atoms with van der Waals surface area (Å²) in [5.74, 6) is 0.860. The van der Waals surface area contributed by atoms with Crippen molar-refractivity contribution in [1.29, 1.82) is 0 Å². The van der Waals surface area contributed by atoms with Gasteiger partial charge in [0, 0.05) is 18.7 Å². The predicted octanol–water partition coefficient (Wildman–Crippen LogP) is 2.95. The highest BCUT2D eigenvalue weighted by atomic mass is 16.6. The van der Waals surface area contributed by atoms with Crippen LogP contribution in [0.15, 0.2) is 65.6 Å². The van der Waals surface area contributed by atoms with Crippen LogP contribution in [-0.2, 0) is 17.8 Å². The van der Waals surface area contributed by atoms with Gasteiger partial charge in [0.2, 0.25) is 5.91 Å². The molecule has 0 N–H and O–H groups in total. The van der Waals surface area contributed by atoms with Gasteiger partial charge in [-0.25, -0.2) is 0 Å². The second-order valence-corrected chi connectivity index (χ2v) is 7.67. The van der Waals surface area contributed by atoms with E-state index in [2.05, 4.69) is 0 Å². The third-order valence-electron chi connectivity index (χ3n) is 5.79. The zero-order valence-corrected chi connectivity index (χ0v) is 18.3. The van der Waals surface area contributed by atoms with E-state index in [4.69, 9.17) is 9.47 Å². The molecule has 1 atom stereocenters. The largest absolute Gasteiger partial charge is 0.493 e. The Bertz CT molecular complexity index is 1250. The fourth-order valence-corrected chi connectivity index (χ4v) is 4.20. The lowest BCUT2D eigenvalue weighted by molar-refractivity contribution is -0.385. The van der Waals surface area contributed by atoms with Gasteiger partial charge in [0.25, 0.3) is 11.2 Å². The van der Waals surface area contributed by atoms with Crippen molar-refractivity contribution in [1.82, 2.24) is 9.47 Å². The van der Waals surface area contributed by atoms with Crippen LogP contribution in [0.25, 0.3) is 0 Å². The molecule has 4 rings (SSSR count). The van der Waals surface area contributed by atoms with Crippen LogP contribution in [-0.4, -0.2) is 41.1 Å². The number of benzene rings is 2. The lowest BCUT2D eigenvalue weighted by atomic mass is 9.87. The first-order chi connectivity index (χ1) is 15.9. The van der Waals surface area contributed by atoms with Gasteiger partial charge in [-0.15, -0.1) is 0 Å². The normalized spacial score (nSPS) is 15.0. The van der Waals surface area contributed by atoms with Crippen LogP contribution in [0.2, 0.25) is 0 Å². The van der Waals surface area contributed by atoms with E-state index >= 15 is 0 Å². The second kappa shape index (κ2) is 9.15. The molecule has 9 heteroatoms. The lowest BCUT2D eigenvalue weighted by Gasteiger charge is -2.38. The number of hydrogen-bond donors (Lipinski definition) is 0. The Labute approximate surface area is 189 Å². The van der Waals surface area contributed by atoms with Gasteiger partial charge in [0.1, 0.15) is 6.54 Å². The standard InChI is InChI=1S/C24H23N3O6/c1-32-20-12-17-10-11-26(23(29)15-25-14-18(27(30)31)8-9-22(25)28)24(16-6-4-3-5-7-16)19(17)13-21(20)33-2/h3-9,12-14,24H,10-11,15H2,1-2H3/t24-/m1/s1. The minimum absolute atomic E-state index is 0.247. The number of pyridine rings is 1. The molecule has 0 spiro atoms. The molecule has 0 fully saturated rings. The van der Waals surface area contributed by atoms with Crippen LogP contribution in [0.1, 0.15) is 22.7 Å². The topological polar surface area (TPSA) is 104 Å². The van der Waals surface area contributed by atoms with E-state index in [0.717, 1.165) is 39.6 Å². The number of methoxy groups -OCH3 is 2. The van der Waals surface area contributed by atoms with Crippen molar-refractivity contribution in [2.45, 2.75) is 19.0 Å². The number of amides is 1. The molecule has 0 aliphatic carbocycles. The summed E-state index contributed by atoms with van der Waals surface area (Å²) in [6.45, 7) is 0.122. The van der Waals surface area contributed by atoms with E-state index in [1.165, 1.54) is 0 Å². The summed E-state index contributed by atoms with van der Waals surface area (Å²) in [6.07, 6.45) is 1.69. The molecule has 3 aromatic rings. The molecule has 9 nitrogen and oxygen atoms in total. The Kier molecular flexibility index (Phi) is 6.12. The highest BCUT2D eigenvalue weighted by molar-refractivity contribution is 5.78. The van der Waals surface area contributed by atoms with Crippen LogP contribution < -0.4 is 15.0 Å². The van der Waals surface area contributed by atoms with Gasteiger partial charge in [-0.05, 0) is 35.2 Å². The third kappa shape index (κ3) is 4.30. The number of nitro groups is 1. The van der Waals surface area contributed by atoms with Gasteiger partial charge >= 0.3 is 0 Å². The molecule has 170 valence electrons. The first-order valence-corrected chi connectivity index (χ1v) is 10.4. The summed E-state index contributed by atoms with van der Waals surface area (Å²) in [7, 11) is 3.14. The molecular weight excluding hydrogens is 426 g/mol. The van der Waals surface area contributed by atoms with Crippen molar-refractivity contribution < 1.29 is 19.2 Å². The van der Waals surface area contributed by atoms with Gasteiger partial charge < -0.3 is 14.4 Å². The maximum atomic E-state index is 13.4. The maximum Gasteiger partial charge on any atom is 0.285 e. The van der Waals surface area contributed by atoms with Crippen LogP contribution in [0.4, 0.5) is 5.69 Å². The molecule has 1 amide bonds. The van der Waals surface area contributed by atoms with E-state index in [1.54, 1.807) is 19.1 Å². The number of aromatic nitrogens is 1. The molecular formula is C24H23N3O6. The predicted molar refractivity (Wildman–Crippen MR) is 121 cm³/mol. The Morgan fingerprint density at radius 3 is 2.45 bits per heavy atom. The first-order valence-electron chi connectivity index (χ1n) is 10.4. The van der Waals surface area contributed by atoms with Gasteiger partial charge in [-0.2, -0.15) is 0 Å². The summed E-state index contributed by atoms with van der Waals surface area (Å²) in [6, 6.07) is 15.2. The van der Waals surface area contributed by atoms with E-state index in [9.17, 15) is 19.7 Å². The van der Waals surface area contributed by atoms with Gasteiger partial charge in [-0.3, -0.25) is 24.3 Å². The van der Waals surface area contributed by atoms with E-state index in [0.29, 0.717) is 24.5 Å². The Balaban J connectivity index is 1.75. The van der Waals surface area contributed by atoms with Crippen molar-refractivity contribution in [3.63, 3.8) is 0 Å². The molecule has 2 aromatic carbocycles. The zero-order chi connectivity index (χ0) is 23.5. The molecule has 0 saturated heterocycles. The third-order valence-corrected chi connectivity index (χ3v) is 5.79. The van der Waals surface area contributed by atoms with Gasteiger partial charge in [0.05, 0.1) is 31.4 Å². The van der Waals surface area contributed by atoms with Crippen LogP contribution >= 0.6 is 0 Å². The summed E-state index contributed by atoms with van der Waals surface area (Å²) in [5.41, 5.74) is 2.13. The van der Waals surface area contributed by atoms with Crippen molar-refractivity contribution in [3.8, 4) is 11.5 Å². The van der Waals surface area contributed by atoms with Crippen molar-refractivity contribution in [2.75, 3.05) is 20.8 Å². The Morgan fingerprint density at radius 1 is 1.09 bits per heavy atom. The summed E-state index contributed by atoms with van der Waals surface area (Å²) in [5, 5.41) is 11.1. The highest BCUT2D eigenvalue weighted by Crippen LogP contribution is 2.41. The number of rotatable bonds is 6. The summed E-state index contributed by atoms with van der Waals surface area (Å²) in [4.78, 5) is 37.9. The molecule has 1 aromatic heterocycles. The average molecular weight is 449 g/mol. The quantitative estimate of drug-likeness (QED) is 0.423. The second-order valence-electron chi connectivity index (χ2n) is 7.67. The Morgan fingerprint density at radius 2 is 1.79 bits per heavy atom. The van der Waals surface area contributed by atoms with E-state index < -0.39 is 16.5 Å². The molecule has 0 bridgehead atoms. The molecule has 0 radical (unpaired) electrons. The zero-order valence-electron chi connectivity index (χ0n) is 18.3. The number of nitrogens with zero attached hydrogens (tertiary/aromatic N) is 3. The fourth-order valence-electron chi connectivity index (χ4n) is 4.20. The average Bonchev–Trinajstić information content (AvgIpc) is 2.83. The van der Waals surface area contributed by atoms with Crippen molar-refractivity contribution >= 4 is 11.6 Å². The number of ether oxygens (including phenoxy) is 2. The smallest absolute Gasteiger partial charge is 0.285 e. The van der Waals surface area contributed by atoms with Gasteiger partial charge in [-0.1, -0.05) is 30.3 Å². The minimum Gasteiger partial charge on any atom is -0.493 e. The van der Waals surface area contributed by atoms with Crippen molar-refractivity contribution in [2.24, 2.45) is 0 Å². The summed E-state index contributed by atoms with van der Waals surface area (Å²) >= 11 is 0. The Hall–Kier alpha value is -4.14. The van der Waals surface area contributed by atoms with Crippen molar-refractivity contribution in [3.05, 3.63) is 98.0 Å². The molecule has 1 aliphatic rings. The fraction of sp³-hybridized carbons (Fsp3) is 0.250. The number of carbonyl (C=O) groups excluding carboxylic acids is 1.